The van der Waals surface area contributed by atoms with Gasteiger partial charge < -0.3 is 53.6 Å². The second-order valence-corrected chi connectivity index (χ2v) is 16.6. The van der Waals surface area contributed by atoms with E-state index < -0.39 is 123 Å². The summed E-state index contributed by atoms with van der Waals surface area (Å²) < 4.78 is 42.9. The van der Waals surface area contributed by atoms with Gasteiger partial charge in [0.2, 0.25) is 0 Å². The van der Waals surface area contributed by atoms with Crippen molar-refractivity contribution in [2.45, 2.75) is 150 Å². The number of carbonyl (C=O) groups excluding carboxylic acids is 1. The zero-order valence-electron chi connectivity index (χ0n) is 36.8. The largest absolute Gasteiger partial charge is 0.445 e. The fourth-order valence-electron chi connectivity index (χ4n) is 8.78. The molecule has 4 N–H and O–H groups in total. The Morgan fingerprint density at radius 1 is 0.706 bits per heavy atom. The normalized spacial score (nSPS) is 34.8. The quantitative estimate of drug-likeness (QED) is 0.0774. The smallest absolute Gasteiger partial charge is 0.410 e. The Morgan fingerprint density at radius 2 is 1.31 bits per heavy atom. The van der Waals surface area contributed by atoms with Crippen molar-refractivity contribution in [1.82, 2.24) is 4.90 Å². The molecule has 3 saturated heterocycles. The number of aliphatic hydroxyl groups excluding tert-OH is 4. The number of nitrogens with zero attached hydrogens (tertiary/aromatic N) is 16. The molecule has 3 heterocycles. The summed E-state index contributed by atoms with van der Waals surface area (Å²) in [5.74, 6) is -0.813. The molecule has 0 spiro atoms. The van der Waals surface area contributed by atoms with Gasteiger partial charge in [-0.2, -0.15) is 0 Å². The van der Waals surface area contributed by atoms with E-state index in [9.17, 15) is 47.3 Å². The van der Waals surface area contributed by atoms with Gasteiger partial charge in [0.25, 0.3) is 0 Å². The minimum atomic E-state index is -1.81. The average molecular weight is 949 g/mol. The zero-order chi connectivity index (χ0) is 48.7. The number of ether oxygens (including phenoxy) is 7. The van der Waals surface area contributed by atoms with Crippen molar-refractivity contribution in [3.8, 4) is 0 Å². The number of hydrogen-bond acceptors (Lipinski definition) is 17. The molecule has 28 nitrogen and oxygen atoms in total. The molecule has 28 heteroatoms. The van der Waals surface area contributed by atoms with E-state index in [1.165, 1.54) is 4.90 Å². The van der Waals surface area contributed by atoms with Crippen molar-refractivity contribution in [3.63, 3.8) is 0 Å². The predicted octanol–water partition coefficient (Wildman–Crippen LogP) is 5.47. The lowest BCUT2D eigenvalue weighted by atomic mass is 9.84. The van der Waals surface area contributed by atoms with E-state index in [-0.39, 0.29) is 39.0 Å². The van der Waals surface area contributed by atoms with Crippen molar-refractivity contribution in [1.29, 1.82) is 0 Å². The molecule has 2 aromatic carbocycles. The van der Waals surface area contributed by atoms with Crippen LogP contribution in [0.15, 0.2) is 86.2 Å². The number of hydrogen-bond donors (Lipinski definition) is 4. The van der Waals surface area contributed by atoms with Gasteiger partial charge in [-0.25, -0.2) is 4.79 Å². The second-order valence-electron chi connectivity index (χ2n) is 16.6. The molecule has 6 rings (SSSR count). The van der Waals surface area contributed by atoms with Gasteiger partial charge in [0.05, 0.1) is 73.9 Å². The van der Waals surface area contributed by atoms with Crippen LogP contribution in [0.25, 0.3) is 52.2 Å². The highest BCUT2D eigenvalue weighted by atomic mass is 16.8. The first-order chi connectivity index (χ1) is 33.0. The van der Waals surface area contributed by atoms with Crippen molar-refractivity contribution in [2.24, 2.45) is 31.5 Å². The molecular formula is C40H52N16O12. The van der Waals surface area contributed by atoms with Gasteiger partial charge in [-0.3, -0.25) is 4.90 Å². The Balaban J connectivity index is 1.27. The van der Waals surface area contributed by atoms with Crippen LogP contribution in [0.2, 0.25) is 0 Å². The van der Waals surface area contributed by atoms with E-state index in [2.05, 4.69) is 50.1 Å². The highest BCUT2D eigenvalue weighted by Crippen LogP contribution is 2.39. The number of benzene rings is 2. The maximum atomic E-state index is 13.9. The van der Waals surface area contributed by atoms with E-state index in [1.807, 2.05) is 60.7 Å². The van der Waals surface area contributed by atoms with Crippen LogP contribution in [0, 0.1) is 5.92 Å². The minimum absolute atomic E-state index is 0.00440. The molecule has 4 fully saturated rings. The Hall–Kier alpha value is -6.14. The number of carbonyl (C=O) groups is 1. The number of amides is 1. The van der Waals surface area contributed by atoms with Crippen LogP contribution in [0.1, 0.15) is 44.2 Å². The highest BCUT2D eigenvalue weighted by Gasteiger charge is 2.54. The first-order valence-corrected chi connectivity index (χ1v) is 21.7. The molecule has 1 saturated carbocycles. The van der Waals surface area contributed by atoms with Gasteiger partial charge in [0.1, 0.15) is 31.0 Å². The third-order valence-electron chi connectivity index (χ3n) is 12.5. The predicted molar refractivity (Wildman–Crippen MR) is 233 cm³/mol. The molecule has 18 atom stereocenters. The maximum absolute atomic E-state index is 13.9. The summed E-state index contributed by atoms with van der Waals surface area (Å²) >= 11 is 0. The minimum Gasteiger partial charge on any atom is -0.445 e. The summed E-state index contributed by atoms with van der Waals surface area (Å²) in [6.07, 6.45) is -17.9. The monoisotopic (exact) mass is 948 g/mol. The lowest BCUT2D eigenvalue weighted by Gasteiger charge is -2.46. The van der Waals surface area contributed by atoms with Gasteiger partial charge in [0, 0.05) is 31.1 Å². The molecule has 68 heavy (non-hydrogen) atoms. The van der Waals surface area contributed by atoms with E-state index >= 15 is 0 Å². The third kappa shape index (κ3) is 12.3. The lowest BCUT2D eigenvalue weighted by molar-refractivity contribution is -0.291. The summed E-state index contributed by atoms with van der Waals surface area (Å²) in [6.45, 7) is 2.32. The maximum Gasteiger partial charge on any atom is 0.410 e. The fourth-order valence-corrected chi connectivity index (χ4v) is 8.78. The summed E-state index contributed by atoms with van der Waals surface area (Å²) in [6, 6.07) is 12.9. The van der Waals surface area contributed by atoms with Gasteiger partial charge in [-0.05, 0) is 70.9 Å². The van der Waals surface area contributed by atoms with Gasteiger partial charge in [-0.15, -0.1) is 0 Å². The molecule has 0 radical (unpaired) electrons. The summed E-state index contributed by atoms with van der Waals surface area (Å²) in [5.41, 5.74) is 48.5. The molecule has 0 unspecified atom stereocenters. The van der Waals surface area contributed by atoms with Crippen molar-refractivity contribution < 1.29 is 58.4 Å². The van der Waals surface area contributed by atoms with Crippen LogP contribution < -0.4 is 0 Å². The topological polar surface area (TPSA) is 410 Å². The van der Waals surface area contributed by atoms with Crippen molar-refractivity contribution >= 4 is 6.09 Å². The number of rotatable bonds is 19. The summed E-state index contributed by atoms with van der Waals surface area (Å²) in [4.78, 5) is 29.7. The van der Waals surface area contributed by atoms with Crippen LogP contribution in [0.4, 0.5) is 4.79 Å². The van der Waals surface area contributed by atoms with E-state index in [1.54, 1.807) is 13.8 Å². The first-order valence-electron chi connectivity index (χ1n) is 21.7. The van der Waals surface area contributed by atoms with Gasteiger partial charge in [-0.1, -0.05) is 93.2 Å². The highest BCUT2D eigenvalue weighted by molar-refractivity contribution is 5.68. The molecule has 364 valence electrons. The van der Waals surface area contributed by atoms with E-state index in [4.69, 9.17) is 38.7 Å². The van der Waals surface area contributed by atoms with Crippen LogP contribution in [0.3, 0.4) is 0 Å². The molecule has 4 aliphatic rings. The van der Waals surface area contributed by atoms with Crippen LogP contribution in [-0.4, -0.2) is 149 Å². The summed E-state index contributed by atoms with van der Waals surface area (Å²) in [7, 11) is 0. The Kier molecular flexibility index (Phi) is 18.7. The van der Waals surface area contributed by atoms with Crippen LogP contribution in [-0.2, 0) is 46.3 Å². The standard InChI is InChI=1S/C40H52N16O12/c1-20-30(50-55-45)38(64-28(31(20)58)16-46-51-41)67-35-29(18-57)65-39(33(35)60)68-36-32(59)25(48-53-43)15-26(49-54-44)34(36)66-37-24(47-52-42)13-14-27(63-37)21(2)56(17-22-9-5-3-6-10-22)40(61)62-19-23-11-7-4-8-12-23/h3-12,20-21,24-39,57-60H,13-19H2,1-2H3/t20-,21-,24-,25-,26+,27+,28+,29-,30-,31+,32+,33-,34-,35-,36-,37-,38-,39+/m1/s1. The van der Waals surface area contributed by atoms with Gasteiger partial charge >= 0.3 is 6.09 Å². The number of azide groups is 5. The Morgan fingerprint density at radius 3 is 1.96 bits per heavy atom. The molecule has 0 aromatic heterocycles. The zero-order valence-corrected chi connectivity index (χ0v) is 36.8. The summed E-state index contributed by atoms with van der Waals surface area (Å²) in [5, 5.41) is 63.4. The Bertz CT molecular complexity index is 2230. The SMILES string of the molecule is C[C@H]1[C@H](O)[C@H](CN=[N+]=[N-])O[C@H](O[C@H]2[C@@H](O)[C@H](O[C@@H]3[C@@H](O)[C@H](N=[N+]=[N-])C[C@H](N=[N+]=[N-])[C@H]3O[C@H]3O[C@H]([C@@H](C)N(Cc4ccccc4)C(=O)OCc4ccccc4)CC[C@H]3N=[N+]=[N-])O[C@@H]2CO)[C@@H]1N=[N+]=[N-]. The van der Waals surface area contributed by atoms with E-state index in [0.717, 1.165) is 11.1 Å². The average Bonchev–Trinajstić information content (AvgIpc) is 3.65. The first kappa shape index (κ1) is 51.3. The molecule has 1 amide bonds. The lowest BCUT2D eigenvalue weighted by Crippen LogP contribution is -2.61. The van der Waals surface area contributed by atoms with E-state index in [0.29, 0.717) is 0 Å². The number of aliphatic hydroxyl groups is 4. The molecular weight excluding hydrogens is 897 g/mol. The third-order valence-corrected chi connectivity index (χ3v) is 12.5. The fraction of sp³-hybridized carbons (Fsp3) is 0.675. The molecule has 2 aromatic rings. The second kappa shape index (κ2) is 24.8. The van der Waals surface area contributed by atoms with Crippen molar-refractivity contribution in [2.75, 3.05) is 13.2 Å². The van der Waals surface area contributed by atoms with Gasteiger partial charge in [0.15, 0.2) is 18.9 Å². The molecule has 1 aliphatic carbocycles. The molecule has 3 aliphatic heterocycles. The van der Waals surface area contributed by atoms with Crippen LogP contribution in [0.5, 0.6) is 0 Å². The Labute approximate surface area is 387 Å². The van der Waals surface area contributed by atoms with Crippen molar-refractivity contribution in [3.05, 3.63) is 124 Å². The van der Waals surface area contributed by atoms with Crippen LogP contribution >= 0.6 is 0 Å². The molecule has 0 bridgehead atoms.